The topological polar surface area (TPSA) is 71.1 Å². The number of thiazole rings is 1. The van der Waals surface area contributed by atoms with Crippen LogP contribution in [0.1, 0.15) is 43.4 Å². The molecular formula is C23H22ClN3O2S. The van der Waals surface area contributed by atoms with Crippen molar-refractivity contribution in [2.45, 2.75) is 32.2 Å². The zero-order valence-corrected chi connectivity index (χ0v) is 18.3. The fourth-order valence-corrected chi connectivity index (χ4v) is 4.60. The van der Waals surface area contributed by atoms with Crippen molar-refractivity contribution >= 4 is 39.9 Å². The molecule has 1 saturated carbocycles. The molecule has 2 amide bonds. The number of aromatic nitrogens is 1. The highest BCUT2D eigenvalue weighted by Gasteiger charge is 2.45. The summed E-state index contributed by atoms with van der Waals surface area (Å²) in [6.45, 7) is 3.45. The lowest BCUT2D eigenvalue weighted by atomic mass is 10.1. The van der Waals surface area contributed by atoms with Crippen LogP contribution >= 0.6 is 22.9 Å². The molecule has 3 aromatic rings. The van der Waals surface area contributed by atoms with Crippen LogP contribution < -0.4 is 10.6 Å². The highest BCUT2D eigenvalue weighted by atomic mass is 35.5. The number of hydrogen-bond acceptors (Lipinski definition) is 4. The summed E-state index contributed by atoms with van der Waals surface area (Å²) in [5.74, 6) is 0.0438. The Bertz CT molecular complexity index is 1080. The number of rotatable bonds is 6. The van der Waals surface area contributed by atoms with E-state index in [2.05, 4.69) is 15.6 Å². The first-order valence-electron chi connectivity index (χ1n) is 9.80. The number of nitrogens with one attached hydrogen (secondary N) is 2. The molecule has 3 atom stereocenters. The van der Waals surface area contributed by atoms with E-state index in [-0.39, 0.29) is 29.7 Å². The quantitative estimate of drug-likeness (QED) is 0.540. The van der Waals surface area contributed by atoms with Gasteiger partial charge >= 0.3 is 0 Å². The summed E-state index contributed by atoms with van der Waals surface area (Å²) in [4.78, 5) is 28.4. The SMILES string of the molecule is CC(=O)NC(C)c1ccc(-c2csc(NC(=O)C3CC3c3ccccc3Cl)n2)cc1. The molecule has 4 rings (SSSR count). The maximum absolute atomic E-state index is 12.6. The minimum atomic E-state index is -0.0632. The summed E-state index contributed by atoms with van der Waals surface area (Å²) in [7, 11) is 0. The van der Waals surface area contributed by atoms with Crippen LogP contribution in [0.15, 0.2) is 53.9 Å². The van der Waals surface area contributed by atoms with Gasteiger partial charge in [0.05, 0.1) is 11.7 Å². The summed E-state index contributed by atoms with van der Waals surface area (Å²) < 4.78 is 0. The van der Waals surface area contributed by atoms with Crippen LogP contribution in [-0.2, 0) is 9.59 Å². The van der Waals surface area contributed by atoms with Gasteiger partial charge in [0.25, 0.3) is 0 Å². The van der Waals surface area contributed by atoms with Gasteiger partial charge in [-0.2, -0.15) is 0 Å². The first kappa shape index (κ1) is 20.6. The maximum Gasteiger partial charge on any atom is 0.229 e. The highest BCUT2D eigenvalue weighted by Crippen LogP contribution is 2.50. The number of carbonyl (C=O) groups is 2. The zero-order valence-electron chi connectivity index (χ0n) is 16.7. The van der Waals surface area contributed by atoms with Gasteiger partial charge in [0.1, 0.15) is 0 Å². The van der Waals surface area contributed by atoms with Crippen molar-refractivity contribution in [3.63, 3.8) is 0 Å². The Kier molecular flexibility index (Phi) is 5.88. The van der Waals surface area contributed by atoms with Gasteiger partial charge in [0, 0.05) is 28.8 Å². The summed E-state index contributed by atoms with van der Waals surface area (Å²) >= 11 is 7.66. The fourth-order valence-electron chi connectivity index (χ4n) is 3.60. The molecule has 0 aliphatic heterocycles. The molecule has 0 radical (unpaired) electrons. The standard InChI is InChI=1S/C23H22ClN3O2S/c1-13(25-14(2)28)15-7-9-16(10-8-15)21-12-30-23(26-21)27-22(29)19-11-18(19)17-5-3-4-6-20(17)24/h3-10,12-13,18-19H,11H2,1-2H3,(H,25,28)(H,26,27,29). The zero-order chi connectivity index (χ0) is 21.3. The average molecular weight is 440 g/mol. The second kappa shape index (κ2) is 8.58. The first-order chi connectivity index (χ1) is 14.4. The predicted molar refractivity (Wildman–Crippen MR) is 121 cm³/mol. The Labute approximate surface area is 184 Å². The molecule has 5 nitrogen and oxygen atoms in total. The Morgan fingerprint density at radius 1 is 1.17 bits per heavy atom. The molecule has 1 heterocycles. The van der Waals surface area contributed by atoms with Gasteiger partial charge in [-0.25, -0.2) is 4.98 Å². The summed E-state index contributed by atoms with van der Waals surface area (Å²) in [5, 5.41) is 9.05. The van der Waals surface area contributed by atoms with E-state index in [1.807, 2.05) is 60.8 Å². The molecule has 1 aliphatic rings. The number of benzene rings is 2. The van der Waals surface area contributed by atoms with Crippen molar-refractivity contribution in [3.8, 4) is 11.3 Å². The number of nitrogens with zero attached hydrogens (tertiary/aromatic N) is 1. The third-order valence-corrected chi connectivity index (χ3v) is 6.39. The van der Waals surface area contributed by atoms with Crippen molar-refractivity contribution < 1.29 is 9.59 Å². The van der Waals surface area contributed by atoms with Gasteiger partial charge in [0.2, 0.25) is 11.8 Å². The normalized spacial score (nSPS) is 18.5. The number of anilines is 1. The second-order valence-electron chi connectivity index (χ2n) is 7.54. The first-order valence-corrected chi connectivity index (χ1v) is 11.1. The van der Waals surface area contributed by atoms with Crippen LogP contribution in [0, 0.1) is 5.92 Å². The van der Waals surface area contributed by atoms with Crippen molar-refractivity contribution in [2.75, 3.05) is 5.32 Å². The smallest absolute Gasteiger partial charge is 0.229 e. The van der Waals surface area contributed by atoms with Crippen LogP contribution in [0.25, 0.3) is 11.3 Å². The Morgan fingerprint density at radius 2 is 1.90 bits per heavy atom. The molecule has 154 valence electrons. The van der Waals surface area contributed by atoms with E-state index in [1.165, 1.54) is 18.3 Å². The molecule has 0 spiro atoms. The predicted octanol–water partition coefficient (Wildman–Crippen LogP) is 5.40. The molecule has 2 aromatic carbocycles. The minimum Gasteiger partial charge on any atom is -0.350 e. The van der Waals surface area contributed by atoms with E-state index < -0.39 is 0 Å². The third kappa shape index (κ3) is 4.55. The lowest BCUT2D eigenvalue weighted by molar-refractivity contribution is -0.119. The van der Waals surface area contributed by atoms with Gasteiger partial charge in [-0.1, -0.05) is 54.1 Å². The van der Waals surface area contributed by atoms with Crippen LogP contribution in [0.4, 0.5) is 5.13 Å². The van der Waals surface area contributed by atoms with E-state index in [0.717, 1.165) is 28.8 Å². The number of carbonyl (C=O) groups excluding carboxylic acids is 2. The van der Waals surface area contributed by atoms with Gasteiger partial charge in [-0.15, -0.1) is 11.3 Å². The molecule has 7 heteroatoms. The maximum atomic E-state index is 12.6. The molecule has 1 fully saturated rings. The lowest BCUT2D eigenvalue weighted by Gasteiger charge is -2.13. The van der Waals surface area contributed by atoms with Crippen LogP contribution in [0.2, 0.25) is 5.02 Å². The molecule has 0 saturated heterocycles. The van der Waals surface area contributed by atoms with Crippen molar-refractivity contribution in [2.24, 2.45) is 5.92 Å². The molecule has 1 aliphatic carbocycles. The number of halogens is 1. The number of hydrogen-bond donors (Lipinski definition) is 2. The Morgan fingerprint density at radius 3 is 2.60 bits per heavy atom. The minimum absolute atomic E-state index is 0.0136. The van der Waals surface area contributed by atoms with E-state index in [9.17, 15) is 9.59 Å². The van der Waals surface area contributed by atoms with Crippen molar-refractivity contribution in [3.05, 3.63) is 70.1 Å². The Hall–Kier alpha value is -2.70. The van der Waals surface area contributed by atoms with E-state index in [0.29, 0.717) is 10.2 Å². The van der Waals surface area contributed by atoms with Gasteiger partial charge < -0.3 is 10.6 Å². The van der Waals surface area contributed by atoms with E-state index in [4.69, 9.17) is 11.6 Å². The van der Waals surface area contributed by atoms with Gasteiger partial charge in [-0.05, 0) is 36.5 Å². The van der Waals surface area contributed by atoms with Gasteiger partial charge in [0.15, 0.2) is 5.13 Å². The van der Waals surface area contributed by atoms with Crippen LogP contribution in [-0.4, -0.2) is 16.8 Å². The van der Waals surface area contributed by atoms with Crippen LogP contribution in [0.3, 0.4) is 0 Å². The molecule has 0 bridgehead atoms. The summed E-state index contributed by atoms with van der Waals surface area (Å²) in [6, 6.07) is 15.5. The number of amides is 2. The molecular weight excluding hydrogens is 418 g/mol. The van der Waals surface area contributed by atoms with E-state index >= 15 is 0 Å². The molecule has 3 unspecified atom stereocenters. The summed E-state index contributed by atoms with van der Waals surface area (Å²) in [6.07, 6.45) is 0.807. The van der Waals surface area contributed by atoms with Gasteiger partial charge in [-0.3, -0.25) is 9.59 Å². The highest BCUT2D eigenvalue weighted by molar-refractivity contribution is 7.14. The van der Waals surface area contributed by atoms with Crippen molar-refractivity contribution in [1.29, 1.82) is 0 Å². The van der Waals surface area contributed by atoms with E-state index in [1.54, 1.807) is 0 Å². The molecule has 2 N–H and O–H groups in total. The van der Waals surface area contributed by atoms with Crippen LogP contribution in [0.5, 0.6) is 0 Å². The largest absolute Gasteiger partial charge is 0.350 e. The lowest BCUT2D eigenvalue weighted by Crippen LogP contribution is -2.23. The third-order valence-electron chi connectivity index (χ3n) is 5.29. The average Bonchev–Trinajstić information content (AvgIpc) is 3.39. The summed E-state index contributed by atoms with van der Waals surface area (Å²) in [5.41, 5.74) is 3.84. The monoisotopic (exact) mass is 439 g/mol. The molecule has 30 heavy (non-hydrogen) atoms. The second-order valence-corrected chi connectivity index (χ2v) is 8.81. The van der Waals surface area contributed by atoms with Crippen molar-refractivity contribution in [1.82, 2.24) is 10.3 Å². The molecule has 1 aromatic heterocycles. The Balaban J connectivity index is 1.38. The fraction of sp³-hybridized carbons (Fsp3) is 0.261.